The van der Waals surface area contributed by atoms with Gasteiger partial charge in [0.25, 0.3) is 0 Å². The third-order valence-electron chi connectivity index (χ3n) is 4.17. The van der Waals surface area contributed by atoms with Gasteiger partial charge in [-0.25, -0.2) is 9.97 Å². The van der Waals surface area contributed by atoms with E-state index < -0.39 is 0 Å². The number of nitrogens with zero attached hydrogens (tertiary/aromatic N) is 3. The van der Waals surface area contributed by atoms with Crippen molar-refractivity contribution in [2.24, 2.45) is 0 Å². The topological polar surface area (TPSA) is 47.5 Å². The van der Waals surface area contributed by atoms with E-state index in [0.717, 1.165) is 47.3 Å². The summed E-state index contributed by atoms with van der Waals surface area (Å²) in [5, 5.41) is 0. The van der Waals surface area contributed by atoms with Crippen molar-refractivity contribution < 1.29 is 9.47 Å². The molecule has 1 aliphatic heterocycles. The van der Waals surface area contributed by atoms with Gasteiger partial charge in [-0.3, -0.25) is 0 Å². The van der Waals surface area contributed by atoms with Crippen molar-refractivity contribution in [1.82, 2.24) is 9.97 Å². The molecule has 130 valence electrons. The minimum Gasteiger partial charge on any atom is -0.454 e. The van der Waals surface area contributed by atoms with E-state index in [1.54, 1.807) is 29.0 Å². The van der Waals surface area contributed by atoms with E-state index in [1.807, 2.05) is 42.3 Å². The highest BCUT2D eigenvalue weighted by Gasteiger charge is 2.18. The second-order valence-corrected chi connectivity index (χ2v) is 8.49. The maximum atomic E-state index is 6.08. The number of rotatable bonds is 3. The summed E-state index contributed by atoms with van der Waals surface area (Å²) in [6.07, 6.45) is 1.60. The van der Waals surface area contributed by atoms with Gasteiger partial charge in [-0.2, -0.15) is 0 Å². The molecule has 3 aromatic heterocycles. The van der Waals surface area contributed by atoms with Gasteiger partial charge in [0.15, 0.2) is 17.3 Å². The smallest absolute Gasteiger partial charge is 0.231 e. The Morgan fingerprint density at radius 2 is 1.88 bits per heavy atom. The Hall–Kier alpha value is -2.35. The molecule has 0 radical (unpaired) electrons. The predicted octanol–water partition coefficient (Wildman–Crippen LogP) is 5.57. The highest BCUT2D eigenvalue weighted by atomic mass is 35.5. The summed E-state index contributed by atoms with van der Waals surface area (Å²) in [5.41, 5.74) is 1.90. The molecule has 8 heteroatoms. The highest BCUT2D eigenvalue weighted by molar-refractivity contribution is 7.27. The molecule has 0 spiro atoms. The summed E-state index contributed by atoms with van der Waals surface area (Å²) in [4.78, 5) is 13.3. The molecule has 0 amide bonds. The molecule has 5 nitrogen and oxygen atoms in total. The van der Waals surface area contributed by atoms with Crippen LogP contribution in [0.1, 0.15) is 0 Å². The van der Waals surface area contributed by atoms with Crippen molar-refractivity contribution in [2.45, 2.75) is 0 Å². The minimum absolute atomic E-state index is 0.262. The lowest BCUT2D eigenvalue weighted by molar-refractivity contribution is 0.174. The van der Waals surface area contributed by atoms with E-state index in [4.69, 9.17) is 21.1 Å². The average Bonchev–Trinajstić information content (AvgIpc) is 3.38. The first kappa shape index (κ1) is 15.9. The van der Waals surface area contributed by atoms with Gasteiger partial charge in [0, 0.05) is 28.6 Å². The van der Waals surface area contributed by atoms with Crippen molar-refractivity contribution in [1.29, 1.82) is 0 Å². The second kappa shape index (κ2) is 6.12. The Labute approximate surface area is 162 Å². The third kappa shape index (κ3) is 2.59. The molecule has 0 atom stereocenters. The predicted molar refractivity (Wildman–Crippen MR) is 106 cm³/mol. The van der Waals surface area contributed by atoms with Gasteiger partial charge in [0.1, 0.15) is 6.33 Å². The number of ether oxygens (including phenoxy) is 2. The van der Waals surface area contributed by atoms with E-state index in [-0.39, 0.29) is 6.79 Å². The fourth-order valence-corrected chi connectivity index (χ4v) is 5.13. The van der Waals surface area contributed by atoms with Crippen LogP contribution in [0.15, 0.2) is 42.7 Å². The summed E-state index contributed by atoms with van der Waals surface area (Å²) >= 11 is 9.31. The van der Waals surface area contributed by atoms with Gasteiger partial charge >= 0.3 is 0 Å². The Kier molecular flexibility index (Phi) is 3.74. The van der Waals surface area contributed by atoms with Crippen LogP contribution in [0.5, 0.6) is 11.5 Å². The van der Waals surface area contributed by atoms with Crippen molar-refractivity contribution in [3.8, 4) is 21.3 Å². The lowest BCUT2D eigenvalue weighted by Crippen LogP contribution is -2.11. The van der Waals surface area contributed by atoms with Crippen LogP contribution in [0.2, 0.25) is 4.34 Å². The normalized spacial score (nSPS) is 12.7. The van der Waals surface area contributed by atoms with E-state index in [2.05, 4.69) is 16.0 Å². The summed E-state index contributed by atoms with van der Waals surface area (Å²) in [6, 6.07) is 11.9. The van der Waals surface area contributed by atoms with E-state index >= 15 is 0 Å². The molecule has 1 aliphatic rings. The van der Waals surface area contributed by atoms with Crippen LogP contribution in [-0.2, 0) is 0 Å². The molecule has 0 fully saturated rings. The zero-order valence-electron chi connectivity index (χ0n) is 13.6. The van der Waals surface area contributed by atoms with Gasteiger partial charge in [-0.15, -0.1) is 22.7 Å². The van der Waals surface area contributed by atoms with Crippen molar-refractivity contribution in [3.63, 3.8) is 0 Å². The molecule has 0 bridgehead atoms. The SMILES string of the molecule is CN(c1ccc2c(c1)OCO2)c1ncnc2cc(-c3ccc(Cl)s3)sc12. The molecule has 0 saturated heterocycles. The van der Waals surface area contributed by atoms with Gasteiger partial charge in [0.05, 0.1) is 14.6 Å². The van der Waals surface area contributed by atoms with Gasteiger partial charge in [0.2, 0.25) is 6.79 Å². The molecule has 4 heterocycles. The number of thiophene rings is 2. The van der Waals surface area contributed by atoms with Crippen molar-refractivity contribution >= 4 is 56.0 Å². The van der Waals surface area contributed by atoms with E-state index in [9.17, 15) is 0 Å². The van der Waals surface area contributed by atoms with Crippen LogP contribution in [-0.4, -0.2) is 23.8 Å². The monoisotopic (exact) mass is 401 g/mol. The Morgan fingerprint density at radius 1 is 1.00 bits per heavy atom. The quantitative estimate of drug-likeness (QED) is 0.449. The molecular weight excluding hydrogens is 390 g/mol. The van der Waals surface area contributed by atoms with Crippen LogP contribution in [0.4, 0.5) is 11.5 Å². The molecule has 4 aromatic rings. The van der Waals surface area contributed by atoms with Crippen molar-refractivity contribution in [2.75, 3.05) is 18.7 Å². The standard InChI is InChI=1S/C18H12ClN3O2S2/c1-22(10-2-3-12-13(6-10)24-9-23-12)18-17-11(20-8-21-18)7-15(26-17)14-4-5-16(19)25-14/h2-8H,9H2,1H3. The Morgan fingerprint density at radius 3 is 2.73 bits per heavy atom. The molecule has 0 unspecified atom stereocenters. The first-order valence-electron chi connectivity index (χ1n) is 7.83. The third-order valence-corrected chi connectivity index (χ3v) is 6.72. The summed E-state index contributed by atoms with van der Waals surface area (Å²) in [7, 11) is 1.99. The number of hydrogen-bond acceptors (Lipinski definition) is 7. The lowest BCUT2D eigenvalue weighted by atomic mass is 10.2. The van der Waals surface area contributed by atoms with Gasteiger partial charge in [-0.05, 0) is 30.3 Å². The minimum atomic E-state index is 0.262. The number of anilines is 2. The number of aromatic nitrogens is 2. The van der Waals surface area contributed by atoms with E-state index in [0.29, 0.717) is 0 Å². The van der Waals surface area contributed by atoms with Gasteiger partial charge in [-0.1, -0.05) is 11.6 Å². The summed E-state index contributed by atoms with van der Waals surface area (Å²) in [5.74, 6) is 2.37. The summed E-state index contributed by atoms with van der Waals surface area (Å²) in [6.45, 7) is 0.262. The second-order valence-electron chi connectivity index (χ2n) is 5.72. The molecule has 0 saturated carbocycles. The van der Waals surface area contributed by atoms with Crippen LogP contribution >= 0.6 is 34.3 Å². The molecule has 5 rings (SSSR count). The first-order chi connectivity index (χ1) is 12.7. The van der Waals surface area contributed by atoms with Gasteiger partial charge < -0.3 is 14.4 Å². The van der Waals surface area contributed by atoms with Crippen LogP contribution < -0.4 is 14.4 Å². The maximum absolute atomic E-state index is 6.08. The van der Waals surface area contributed by atoms with Crippen LogP contribution in [0.3, 0.4) is 0 Å². The average molecular weight is 402 g/mol. The Bertz CT molecular complexity index is 1120. The molecule has 0 aliphatic carbocycles. The number of halogens is 1. The summed E-state index contributed by atoms with van der Waals surface area (Å²) < 4.78 is 12.7. The zero-order chi connectivity index (χ0) is 17.7. The molecular formula is C18H12ClN3O2S2. The number of fused-ring (bicyclic) bond motifs is 2. The fourth-order valence-electron chi connectivity index (χ4n) is 2.87. The zero-order valence-corrected chi connectivity index (χ0v) is 16.0. The fraction of sp³-hybridized carbons (Fsp3) is 0.111. The maximum Gasteiger partial charge on any atom is 0.231 e. The molecule has 0 N–H and O–H groups in total. The van der Waals surface area contributed by atoms with Crippen LogP contribution in [0.25, 0.3) is 20.0 Å². The van der Waals surface area contributed by atoms with E-state index in [1.165, 1.54) is 0 Å². The highest BCUT2D eigenvalue weighted by Crippen LogP contribution is 2.42. The lowest BCUT2D eigenvalue weighted by Gasteiger charge is -2.18. The molecule has 1 aromatic carbocycles. The Balaban J connectivity index is 1.59. The first-order valence-corrected chi connectivity index (χ1v) is 9.84. The van der Waals surface area contributed by atoms with Crippen LogP contribution in [0, 0.1) is 0 Å². The van der Waals surface area contributed by atoms with Crippen molar-refractivity contribution in [3.05, 3.63) is 47.1 Å². The number of benzene rings is 1. The molecule has 26 heavy (non-hydrogen) atoms. The largest absolute Gasteiger partial charge is 0.454 e. The number of hydrogen-bond donors (Lipinski definition) is 0.